The smallest absolute Gasteiger partial charge is 0.406 e. The fourth-order valence-corrected chi connectivity index (χ4v) is 7.16. The second kappa shape index (κ2) is 13.9. The van der Waals surface area contributed by atoms with Gasteiger partial charge in [-0.25, -0.2) is 0 Å². The first-order valence-corrected chi connectivity index (χ1v) is 16.6. The van der Waals surface area contributed by atoms with Crippen LogP contribution < -0.4 is 9.47 Å². The molecule has 0 spiro atoms. The van der Waals surface area contributed by atoms with Gasteiger partial charge in [0.25, 0.3) is 0 Å². The number of aryl methyl sites for hydroxylation is 2. The van der Waals surface area contributed by atoms with E-state index in [1.54, 1.807) is 76.2 Å². The van der Waals surface area contributed by atoms with Gasteiger partial charge in [-0.05, 0) is 108 Å². The van der Waals surface area contributed by atoms with Crippen molar-refractivity contribution in [2.75, 3.05) is 0 Å². The molecule has 0 aliphatic carbocycles. The van der Waals surface area contributed by atoms with Crippen LogP contribution in [0, 0.1) is 13.8 Å². The topological polar surface area (TPSA) is 61.3 Å². The number of Topliss-reactive ketones (excluding diaryl/α,β-unsaturated/α-hetero) is 1. The van der Waals surface area contributed by atoms with E-state index in [9.17, 15) is 31.1 Å². The highest BCUT2D eigenvalue weighted by Gasteiger charge is 2.34. The number of pyridine rings is 2. The van der Waals surface area contributed by atoms with Crippen molar-refractivity contribution >= 4 is 50.8 Å². The maximum atomic E-state index is 14.8. The SMILES string of the molecule is Cc1nc2ccc(OC(F)(F)F)cc2c(-c2cccc(Cl)c2)c1C(C)C(=O)C(C)c1c(C)nc2ccc(OC(F)(F)F)cc2c1-c1cccc(Cl)c1. The second-order valence-electron chi connectivity index (χ2n) is 12.3. The Morgan fingerprint density at radius 1 is 0.615 bits per heavy atom. The molecule has 0 bridgehead atoms. The van der Waals surface area contributed by atoms with Crippen LogP contribution in [0.5, 0.6) is 11.5 Å². The molecule has 2 aromatic heterocycles. The zero-order valence-electron chi connectivity index (χ0n) is 27.9. The van der Waals surface area contributed by atoms with E-state index in [0.29, 0.717) is 76.6 Å². The molecule has 6 rings (SSSR count). The first kappa shape index (κ1) is 36.9. The Labute approximate surface area is 304 Å². The molecule has 0 amide bonds. The maximum Gasteiger partial charge on any atom is 0.573 e. The number of fused-ring (bicyclic) bond motifs is 2. The Morgan fingerprint density at radius 2 is 1.00 bits per heavy atom. The zero-order valence-corrected chi connectivity index (χ0v) is 29.4. The van der Waals surface area contributed by atoms with Crippen LogP contribution >= 0.6 is 23.2 Å². The monoisotopic (exact) mass is 756 g/mol. The summed E-state index contributed by atoms with van der Waals surface area (Å²) in [6.45, 7) is 6.77. The fourth-order valence-electron chi connectivity index (χ4n) is 6.78. The number of rotatable bonds is 8. The van der Waals surface area contributed by atoms with E-state index >= 15 is 0 Å². The molecule has 0 N–H and O–H groups in total. The van der Waals surface area contributed by atoms with Gasteiger partial charge >= 0.3 is 12.7 Å². The first-order valence-electron chi connectivity index (χ1n) is 15.9. The third-order valence-corrected chi connectivity index (χ3v) is 9.25. The van der Waals surface area contributed by atoms with Crippen LogP contribution in [0.4, 0.5) is 26.3 Å². The Morgan fingerprint density at radius 3 is 1.35 bits per heavy atom. The maximum absolute atomic E-state index is 14.8. The molecular formula is C39H28Cl2F6N2O3. The molecule has 0 radical (unpaired) electrons. The minimum absolute atomic E-state index is 0.303. The number of ketones is 1. The molecular weight excluding hydrogens is 729 g/mol. The number of halogens is 8. The number of hydrogen-bond acceptors (Lipinski definition) is 5. The summed E-state index contributed by atoms with van der Waals surface area (Å²) in [5.41, 5.74) is 4.52. The van der Waals surface area contributed by atoms with E-state index < -0.39 is 36.1 Å². The summed E-state index contributed by atoms with van der Waals surface area (Å²) < 4.78 is 88.1. The van der Waals surface area contributed by atoms with Gasteiger partial charge in [0.2, 0.25) is 0 Å². The summed E-state index contributed by atoms with van der Waals surface area (Å²) in [6.07, 6.45) is -9.90. The molecule has 0 aliphatic heterocycles. The van der Waals surface area contributed by atoms with E-state index in [1.807, 2.05) is 0 Å². The highest BCUT2D eigenvalue weighted by Crippen LogP contribution is 2.44. The molecule has 0 saturated heterocycles. The van der Waals surface area contributed by atoms with Crippen LogP contribution in [-0.4, -0.2) is 28.5 Å². The minimum atomic E-state index is -4.95. The van der Waals surface area contributed by atoms with E-state index in [2.05, 4.69) is 19.4 Å². The lowest BCUT2D eigenvalue weighted by Gasteiger charge is -2.26. The summed E-state index contributed by atoms with van der Waals surface area (Å²) in [7, 11) is 0. The molecule has 0 saturated carbocycles. The van der Waals surface area contributed by atoms with Gasteiger partial charge < -0.3 is 9.47 Å². The molecule has 2 heterocycles. The Kier molecular flexibility index (Phi) is 9.89. The van der Waals surface area contributed by atoms with Gasteiger partial charge in [-0.1, -0.05) is 61.3 Å². The predicted molar refractivity (Wildman–Crippen MR) is 189 cm³/mol. The molecule has 2 unspecified atom stereocenters. The van der Waals surface area contributed by atoms with Crippen molar-refractivity contribution in [1.82, 2.24) is 9.97 Å². The van der Waals surface area contributed by atoms with Crippen LogP contribution in [0.2, 0.25) is 10.0 Å². The first-order chi connectivity index (χ1) is 24.4. The molecule has 268 valence electrons. The number of ether oxygens (including phenoxy) is 2. The van der Waals surface area contributed by atoms with Crippen molar-refractivity contribution in [1.29, 1.82) is 0 Å². The van der Waals surface area contributed by atoms with Crippen molar-refractivity contribution < 1.29 is 40.6 Å². The van der Waals surface area contributed by atoms with Gasteiger partial charge in [-0.2, -0.15) is 0 Å². The normalized spacial score (nSPS) is 13.3. The Bertz CT molecular complexity index is 2200. The van der Waals surface area contributed by atoms with Crippen molar-refractivity contribution in [3.8, 4) is 33.8 Å². The number of benzene rings is 4. The lowest BCUT2D eigenvalue weighted by molar-refractivity contribution is -0.275. The quantitative estimate of drug-likeness (QED) is 0.145. The van der Waals surface area contributed by atoms with Crippen molar-refractivity contribution in [3.05, 3.63) is 117 Å². The highest BCUT2D eigenvalue weighted by molar-refractivity contribution is 6.31. The number of aromatic nitrogens is 2. The van der Waals surface area contributed by atoms with Crippen LogP contribution in [-0.2, 0) is 4.79 Å². The highest BCUT2D eigenvalue weighted by atomic mass is 35.5. The van der Waals surface area contributed by atoms with Gasteiger partial charge in [-0.15, -0.1) is 26.3 Å². The van der Waals surface area contributed by atoms with Gasteiger partial charge in [0, 0.05) is 44.0 Å². The van der Waals surface area contributed by atoms with Crippen molar-refractivity contribution in [2.45, 2.75) is 52.3 Å². The van der Waals surface area contributed by atoms with E-state index in [0.717, 1.165) is 0 Å². The summed E-state index contributed by atoms with van der Waals surface area (Å²) >= 11 is 12.8. The summed E-state index contributed by atoms with van der Waals surface area (Å²) in [6, 6.07) is 21.0. The van der Waals surface area contributed by atoms with Gasteiger partial charge in [-0.3, -0.25) is 14.8 Å². The third-order valence-electron chi connectivity index (χ3n) is 8.78. The zero-order chi connectivity index (χ0) is 37.7. The fraction of sp³-hybridized carbons (Fsp3) is 0.205. The van der Waals surface area contributed by atoms with Crippen molar-refractivity contribution in [3.63, 3.8) is 0 Å². The van der Waals surface area contributed by atoms with E-state index in [-0.39, 0.29) is 5.78 Å². The lowest BCUT2D eigenvalue weighted by atomic mass is 9.78. The van der Waals surface area contributed by atoms with E-state index in [1.165, 1.54) is 36.4 Å². The van der Waals surface area contributed by atoms with Crippen LogP contribution in [0.25, 0.3) is 44.1 Å². The summed E-state index contributed by atoms with van der Waals surface area (Å²) in [4.78, 5) is 24.1. The molecule has 6 aromatic rings. The number of nitrogens with zero attached hydrogens (tertiary/aromatic N) is 2. The lowest BCUT2D eigenvalue weighted by Crippen LogP contribution is -2.21. The molecule has 2 atom stereocenters. The molecule has 5 nitrogen and oxygen atoms in total. The number of carbonyl (C=O) groups excluding carboxylic acids is 1. The molecule has 0 fully saturated rings. The molecule has 4 aromatic carbocycles. The Hall–Kier alpha value is -4.87. The van der Waals surface area contributed by atoms with Crippen LogP contribution in [0.3, 0.4) is 0 Å². The molecule has 0 aliphatic rings. The number of carbonyl (C=O) groups is 1. The van der Waals surface area contributed by atoms with E-state index in [4.69, 9.17) is 23.2 Å². The average Bonchev–Trinajstić information content (AvgIpc) is 3.05. The summed E-state index contributed by atoms with van der Waals surface area (Å²) in [5, 5.41) is 1.33. The summed E-state index contributed by atoms with van der Waals surface area (Å²) in [5.74, 6) is -3.06. The second-order valence-corrected chi connectivity index (χ2v) is 13.2. The number of alkyl halides is 6. The van der Waals surface area contributed by atoms with Crippen molar-refractivity contribution in [2.24, 2.45) is 0 Å². The van der Waals surface area contributed by atoms with Gasteiger partial charge in [0.05, 0.1) is 11.0 Å². The third kappa shape index (κ3) is 7.66. The standard InChI is InChI=1S/C39H28Cl2F6N2O3/c1-19(33-21(3)48-31-13-11-27(51-38(42,43)44)17-29(31)35(33)23-7-5-9-25(40)15-23)37(50)20(2)34-22(4)49-32-14-12-28(52-39(45,46)47)18-30(32)36(34)24-8-6-10-26(41)16-24/h5-20H,1-4H3. The van der Waals surface area contributed by atoms with Crippen LogP contribution in [0.15, 0.2) is 84.9 Å². The Balaban J connectivity index is 1.56. The number of hydrogen-bond donors (Lipinski definition) is 0. The predicted octanol–water partition coefficient (Wildman–Crippen LogP) is 12.3. The molecule has 52 heavy (non-hydrogen) atoms. The van der Waals surface area contributed by atoms with Gasteiger partial charge in [0.15, 0.2) is 0 Å². The average molecular weight is 758 g/mol. The van der Waals surface area contributed by atoms with Gasteiger partial charge in [0.1, 0.15) is 17.3 Å². The largest absolute Gasteiger partial charge is 0.573 e. The van der Waals surface area contributed by atoms with Crippen LogP contribution in [0.1, 0.15) is 48.2 Å². The molecule has 13 heteroatoms. The minimum Gasteiger partial charge on any atom is -0.406 e.